The normalized spacial score (nSPS) is 26.1. The molecule has 2 aliphatic rings. The number of hydrogen-bond acceptors (Lipinski definition) is 3. The number of hydrogen-bond donors (Lipinski definition) is 1. The van der Waals surface area contributed by atoms with Crippen molar-refractivity contribution in [2.75, 3.05) is 31.1 Å². The summed E-state index contributed by atoms with van der Waals surface area (Å²) in [6.07, 6.45) is 0.797. The highest BCUT2D eigenvalue weighted by Gasteiger charge is 2.50. The number of nitrogens with zero attached hydrogens (tertiary/aromatic N) is 2. The Bertz CT molecular complexity index is 905. The van der Waals surface area contributed by atoms with Crippen molar-refractivity contribution in [3.8, 4) is 0 Å². The molecule has 1 saturated carbocycles. The molecular formula is C21H26ClN3O2S. The highest BCUT2D eigenvalue weighted by atomic mass is 35.5. The summed E-state index contributed by atoms with van der Waals surface area (Å²) in [5.74, 6) is 0.572. The predicted molar refractivity (Wildman–Crippen MR) is 114 cm³/mol. The summed E-state index contributed by atoms with van der Waals surface area (Å²) in [7, 11) is -3.49. The minimum atomic E-state index is -3.49. The first-order chi connectivity index (χ1) is 13.5. The van der Waals surface area contributed by atoms with Gasteiger partial charge >= 0.3 is 0 Å². The Labute approximate surface area is 172 Å². The molecule has 1 aliphatic heterocycles. The maximum atomic E-state index is 13.0. The van der Waals surface area contributed by atoms with Crippen molar-refractivity contribution in [1.29, 1.82) is 0 Å². The molecule has 1 N–H and O–H groups in total. The van der Waals surface area contributed by atoms with Crippen LogP contribution in [0.15, 0.2) is 54.6 Å². The Hall–Kier alpha value is -1.60. The van der Waals surface area contributed by atoms with E-state index in [2.05, 4.69) is 28.7 Å². The van der Waals surface area contributed by atoms with Crippen LogP contribution in [0.4, 0.5) is 5.69 Å². The fourth-order valence-electron chi connectivity index (χ4n) is 4.12. The molecule has 0 unspecified atom stereocenters. The molecule has 5 nitrogen and oxygen atoms in total. The summed E-state index contributed by atoms with van der Waals surface area (Å²) in [5, 5.41) is 0.707. The molecule has 7 heteroatoms. The fourth-order valence-corrected chi connectivity index (χ4v) is 5.79. The van der Waals surface area contributed by atoms with Crippen LogP contribution in [0, 0.1) is 5.92 Å². The fraction of sp³-hybridized carbons (Fsp3) is 0.429. The molecular weight excluding hydrogens is 394 g/mol. The number of rotatable bonds is 5. The summed E-state index contributed by atoms with van der Waals surface area (Å²) in [4.78, 5) is 2.22. The summed E-state index contributed by atoms with van der Waals surface area (Å²) in [6, 6.07) is 17.8. The van der Waals surface area contributed by atoms with Gasteiger partial charge in [-0.2, -0.15) is 17.4 Å². The SMILES string of the molecule is C[C@H]1[C@H](NS(=O)(=O)N2CCCN(c3ccc(Cl)cc3)CC2)[C@H]1c1ccccc1. The van der Waals surface area contributed by atoms with Gasteiger partial charge in [-0.1, -0.05) is 48.9 Å². The number of halogens is 1. The van der Waals surface area contributed by atoms with E-state index in [1.807, 2.05) is 42.5 Å². The molecule has 0 radical (unpaired) electrons. The van der Waals surface area contributed by atoms with E-state index in [4.69, 9.17) is 11.6 Å². The monoisotopic (exact) mass is 419 g/mol. The van der Waals surface area contributed by atoms with Gasteiger partial charge in [0.1, 0.15) is 0 Å². The second kappa shape index (κ2) is 8.03. The van der Waals surface area contributed by atoms with Gasteiger partial charge in [0, 0.05) is 48.8 Å². The average molecular weight is 420 g/mol. The molecule has 2 aromatic carbocycles. The molecule has 0 amide bonds. The minimum Gasteiger partial charge on any atom is -0.370 e. The van der Waals surface area contributed by atoms with Gasteiger partial charge < -0.3 is 4.90 Å². The van der Waals surface area contributed by atoms with Crippen LogP contribution in [0.5, 0.6) is 0 Å². The van der Waals surface area contributed by atoms with Gasteiger partial charge in [-0.15, -0.1) is 0 Å². The molecule has 0 bridgehead atoms. The third-order valence-corrected chi connectivity index (χ3v) is 7.70. The van der Waals surface area contributed by atoms with Crippen LogP contribution < -0.4 is 9.62 Å². The van der Waals surface area contributed by atoms with E-state index >= 15 is 0 Å². The maximum absolute atomic E-state index is 13.0. The Kier molecular flexibility index (Phi) is 5.65. The number of anilines is 1. The number of benzene rings is 2. The molecule has 4 rings (SSSR count). The van der Waals surface area contributed by atoms with Crippen molar-refractivity contribution in [2.45, 2.75) is 25.3 Å². The van der Waals surface area contributed by atoms with Crippen molar-refractivity contribution >= 4 is 27.5 Å². The van der Waals surface area contributed by atoms with E-state index in [0.29, 0.717) is 30.6 Å². The Balaban J connectivity index is 1.39. The maximum Gasteiger partial charge on any atom is 0.279 e. The Morgan fingerprint density at radius 3 is 2.39 bits per heavy atom. The van der Waals surface area contributed by atoms with Gasteiger partial charge in [-0.25, -0.2) is 0 Å². The third kappa shape index (κ3) is 4.20. The van der Waals surface area contributed by atoms with E-state index in [1.54, 1.807) is 4.31 Å². The van der Waals surface area contributed by atoms with Crippen molar-refractivity contribution in [2.24, 2.45) is 5.92 Å². The van der Waals surface area contributed by atoms with E-state index < -0.39 is 10.2 Å². The van der Waals surface area contributed by atoms with Crippen LogP contribution in [-0.4, -0.2) is 44.9 Å². The van der Waals surface area contributed by atoms with Gasteiger partial charge in [0.2, 0.25) is 0 Å². The van der Waals surface area contributed by atoms with Crippen LogP contribution in [0.2, 0.25) is 5.02 Å². The lowest BCUT2D eigenvalue weighted by Gasteiger charge is -2.23. The summed E-state index contributed by atoms with van der Waals surface area (Å²) >= 11 is 5.97. The molecule has 0 spiro atoms. The lowest BCUT2D eigenvalue weighted by Crippen LogP contribution is -2.44. The van der Waals surface area contributed by atoms with Gasteiger partial charge in [0.15, 0.2) is 0 Å². The molecule has 1 aliphatic carbocycles. The highest BCUT2D eigenvalue weighted by molar-refractivity contribution is 7.87. The summed E-state index contributed by atoms with van der Waals surface area (Å²) in [6.45, 7) is 4.63. The average Bonchev–Trinajstić information content (AvgIpc) is 3.39. The standard InChI is InChI=1S/C21H26ClN3O2S/c1-16-20(17-6-3-2-4-7-17)21(16)23-28(26,27)25-13-5-12-24(14-15-25)19-10-8-18(22)9-11-19/h2-4,6-11,16,20-21,23H,5,12-15H2,1H3/t16-,20-,21+/m1/s1. The van der Waals surface area contributed by atoms with E-state index in [1.165, 1.54) is 5.56 Å². The first-order valence-electron chi connectivity index (χ1n) is 9.78. The molecule has 0 aromatic heterocycles. The lowest BCUT2D eigenvalue weighted by atomic mass is 10.1. The number of nitrogens with one attached hydrogen (secondary N) is 1. The van der Waals surface area contributed by atoms with E-state index in [9.17, 15) is 8.42 Å². The van der Waals surface area contributed by atoms with Crippen LogP contribution in [-0.2, 0) is 10.2 Å². The van der Waals surface area contributed by atoms with Crippen molar-refractivity contribution < 1.29 is 8.42 Å². The second-order valence-corrected chi connectivity index (χ2v) is 9.80. The smallest absolute Gasteiger partial charge is 0.279 e. The van der Waals surface area contributed by atoms with Gasteiger partial charge in [0.25, 0.3) is 10.2 Å². The Morgan fingerprint density at radius 2 is 1.68 bits per heavy atom. The van der Waals surface area contributed by atoms with E-state index in [0.717, 1.165) is 18.7 Å². The van der Waals surface area contributed by atoms with Crippen LogP contribution >= 0.6 is 11.6 Å². The minimum absolute atomic E-state index is 0.0250. The first kappa shape index (κ1) is 19.7. The van der Waals surface area contributed by atoms with Crippen LogP contribution in [0.1, 0.15) is 24.8 Å². The van der Waals surface area contributed by atoms with Crippen molar-refractivity contribution in [3.63, 3.8) is 0 Å². The quantitative estimate of drug-likeness (QED) is 0.807. The van der Waals surface area contributed by atoms with Gasteiger partial charge in [-0.3, -0.25) is 0 Å². The summed E-state index contributed by atoms with van der Waals surface area (Å²) in [5.41, 5.74) is 2.28. The predicted octanol–water partition coefficient (Wildman–Crippen LogP) is 3.49. The topological polar surface area (TPSA) is 52.7 Å². The molecule has 150 valence electrons. The van der Waals surface area contributed by atoms with Crippen LogP contribution in [0.3, 0.4) is 0 Å². The van der Waals surface area contributed by atoms with Gasteiger partial charge in [-0.05, 0) is 42.2 Å². The molecule has 3 atom stereocenters. The lowest BCUT2D eigenvalue weighted by molar-refractivity contribution is 0.422. The Morgan fingerprint density at radius 1 is 0.964 bits per heavy atom. The van der Waals surface area contributed by atoms with E-state index in [-0.39, 0.29) is 12.0 Å². The zero-order valence-corrected chi connectivity index (χ0v) is 17.5. The molecule has 1 heterocycles. The molecule has 2 aromatic rings. The zero-order valence-electron chi connectivity index (χ0n) is 16.0. The van der Waals surface area contributed by atoms with Crippen molar-refractivity contribution in [1.82, 2.24) is 9.03 Å². The van der Waals surface area contributed by atoms with Crippen LogP contribution in [0.25, 0.3) is 0 Å². The molecule has 1 saturated heterocycles. The molecule has 2 fully saturated rings. The zero-order chi connectivity index (χ0) is 19.7. The second-order valence-electron chi connectivity index (χ2n) is 7.66. The highest BCUT2D eigenvalue weighted by Crippen LogP contribution is 2.47. The third-order valence-electron chi connectivity index (χ3n) is 5.83. The molecule has 28 heavy (non-hydrogen) atoms. The van der Waals surface area contributed by atoms with Crippen molar-refractivity contribution in [3.05, 3.63) is 65.2 Å². The van der Waals surface area contributed by atoms with Gasteiger partial charge in [0.05, 0.1) is 0 Å². The summed E-state index contributed by atoms with van der Waals surface area (Å²) < 4.78 is 30.5. The first-order valence-corrected chi connectivity index (χ1v) is 11.6. The largest absolute Gasteiger partial charge is 0.370 e.